The summed E-state index contributed by atoms with van der Waals surface area (Å²) in [4.78, 5) is 8.22. The summed E-state index contributed by atoms with van der Waals surface area (Å²) in [7, 11) is 0. The second-order valence-corrected chi connectivity index (χ2v) is 3.81. The summed E-state index contributed by atoms with van der Waals surface area (Å²) in [6, 6.07) is 4.16. The molecule has 2 rings (SSSR count). The molecule has 2 heterocycles. The van der Waals surface area contributed by atoms with E-state index in [1.165, 1.54) is 0 Å². The second kappa shape index (κ2) is 4.90. The second-order valence-electron chi connectivity index (χ2n) is 3.81. The van der Waals surface area contributed by atoms with Crippen LogP contribution in [0.3, 0.4) is 0 Å². The minimum Gasteiger partial charge on any atom is -0.328 e. The first-order valence-corrected chi connectivity index (χ1v) is 5.46. The molecule has 0 aliphatic heterocycles. The Balaban J connectivity index is 2.36. The van der Waals surface area contributed by atoms with Crippen molar-refractivity contribution in [3.63, 3.8) is 0 Å². The first-order chi connectivity index (χ1) is 7.83. The molecule has 0 bridgehead atoms. The van der Waals surface area contributed by atoms with Gasteiger partial charge in [-0.3, -0.25) is 4.98 Å². The Morgan fingerprint density at radius 2 is 2.25 bits per heavy atom. The summed E-state index contributed by atoms with van der Waals surface area (Å²) >= 11 is 0. The molecule has 2 aromatic heterocycles. The predicted molar refractivity (Wildman–Crippen MR) is 62.9 cm³/mol. The van der Waals surface area contributed by atoms with Crippen LogP contribution in [-0.2, 0) is 0 Å². The lowest BCUT2D eigenvalue weighted by atomic mass is 9.99. The first-order valence-electron chi connectivity index (χ1n) is 5.46. The maximum absolute atomic E-state index is 6.16. The third-order valence-corrected chi connectivity index (χ3v) is 2.75. The van der Waals surface area contributed by atoms with Crippen molar-refractivity contribution >= 4 is 0 Å². The Morgan fingerprint density at radius 3 is 2.81 bits per heavy atom. The largest absolute Gasteiger partial charge is 0.328 e. The lowest BCUT2D eigenvalue weighted by molar-refractivity contribution is 0.457. The zero-order valence-electron chi connectivity index (χ0n) is 9.32. The minimum absolute atomic E-state index is 0.0680. The van der Waals surface area contributed by atoms with Crippen molar-refractivity contribution in [3.05, 3.63) is 48.8 Å². The van der Waals surface area contributed by atoms with E-state index >= 15 is 0 Å². The fraction of sp³-hybridized carbons (Fsp3) is 0.333. The summed E-state index contributed by atoms with van der Waals surface area (Å²) in [5.74, 6) is 0. The monoisotopic (exact) mass is 216 g/mol. The molecular formula is C12H16N4. The molecule has 2 unspecified atom stereocenters. The van der Waals surface area contributed by atoms with Gasteiger partial charge in [0.25, 0.3) is 0 Å². The van der Waals surface area contributed by atoms with E-state index in [1.54, 1.807) is 18.7 Å². The van der Waals surface area contributed by atoms with Crippen LogP contribution < -0.4 is 5.73 Å². The van der Waals surface area contributed by atoms with Gasteiger partial charge in [0.1, 0.15) is 0 Å². The maximum atomic E-state index is 6.16. The molecule has 0 saturated carbocycles. The van der Waals surface area contributed by atoms with Gasteiger partial charge in [-0.05, 0) is 18.1 Å². The van der Waals surface area contributed by atoms with E-state index in [2.05, 4.69) is 16.9 Å². The van der Waals surface area contributed by atoms with Gasteiger partial charge in [-0.25, -0.2) is 4.98 Å². The predicted octanol–water partition coefficient (Wildman–Crippen LogP) is 1.60. The van der Waals surface area contributed by atoms with Gasteiger partial charge in [0.2, 0.25) is 0 Å². The molecule has 4 heteroatoms. The summed E-state index contributed by atoms with van der Waals surface area (Å²) in [5.41, 5.74) is 7.28. The molecule has 2 aromatic rings. The minimum atomic E-state index is 0.0680. The third kappa shape index (κ3) is 2.12. The average Bonchev–Trinajstić information content (AvgIpc) is 2.84. The van der Waals surface area contributed by atoms with Crippen molar-refractivity contribution in [2.24, 2.45) is 5.73 Å². The van der Waals surface area contributed by atoms with E-state index in [4.69, 9.17) is 5.73 Å². The number of nitrogens with two attached hydrogens (primary N) is 1. The van der Waals surface area contributed by atoms with Crippen LogP contribution >= 0.6 is 0 Å². The molecular weight excluding hydrogens is 200 g/mol. The number of hydrogen-bond acceptors (Lipinski definition) is 3. The van der Waals surface area contributed by atoms with Gasteiger partial charge in [-0.15, -0.1) is 0 Å². The van der Waals surface area contributed by atoms with Gasteiger partial charge in [-0.1, -0.05) is 13.0 Å². The molecule has 4 nitrogen and oxygen atoms in total. The maximum Gasteiger partial charge on any atom is 0.0952 e. The van der Waals surface area contributed by atoms with Gasteiger partial charge in [0, 0.05) is 30.8 Å². The molecule has 0 aromatic carbocycles. The quantitative estimate of drug-likeness (QED) is 0.844. The lowest BCUT2D eigenvalue weighted by Gasteiger charge is -2.24. The highest BCUT2D eigenvalue weighted by Crippen LogP contribution is 2.21. The van der Waals surface area contributed by atoms with Crippen LogP contribution in [0, 0.1) is 0 Å². The summed E-state index contributed by atoms with van der Waals surface area (Å²) in [6.45, 7) is 2.09. The van der Waals surface area contributed by atoms with E-state index in [1.807, 2.05) is 29.1 Å². The number of pyridine rings is 1. The SMILES string of the molecule is CCC(N)C(c1cccnc1)n1ccnc1. The molecule has 0 fully saturated rings. The molecule has 2 N–H and O–H groups in total. The first kappa shape index (κ1) is 10.8. The van der Waals surface area contributed by atoms with Crippen LogP contribution in [-0.4, -0.2) is 20.6 Å². The molecule has 0 aliphatic rings. The third-order valence-electron chi connectivity index (χ3n) is 2.75. The molecule has 0 amide bonds. The van der Waals surface area contributed by atoms with E-state index in [0.717, 1.165) is 12.0 Å². The van der Waals surface area contributed by atoms with Crippen molar-refractivity contribution in [1.29, 1.82) is 0 Å². The zero-order chi connectivity index (χ0) is 11.4. The van der Waals surface area contributed by atoms with Crippen molar-refractivity contribution in [2.75, 3.05) is 0 Å². The number of hydrogen-bond donors (Lipinski definition) is 1. The summed E-state index contributed by atoms with van der Waals surface area (Å²) < 4.78 is 2.03. The Bertz CT molecular complexity index is 410. The molecule has 2 atom stereocenters. The van der Waals surface area contributed by atoms with Crippen molar-refractivity contribution in [1.82, 2.24) is 14.5 Å². The molecule has 0 aliphatic carbocycles. The van der Waals surface area contributed by atoms with Gasteiger partial charge in [-0.2, -0.15) is 0 Å². The highest BCUT2D eigenvalue weighted by Gasteiger charge is 2.19. The molecule has 0 saturated heterocycles. The van der Waals surface area contributed by atoms with Crippen LogP contribution in [0.15, 0.2) is 43.2 Å². The lowest BCUT2D eigenvalue weighted by Crippen LogP contribution is -2.32. The highest BCUT2D eigenvalue weighted by molar-refractivity contribution is 5.17. The number of imidazole rings is 1. The zero-order valence-corrected chi connectivity index (χ0v) is 9.32. The molecule has 16 heavy (non-hydrogen) atoms. The Morgan fingerprint density at radius 1 is 1.38 bits per heavy atom. The van der Waals surface area contributed by atoms with Crippen LogP contribution in [0.5, 0.6) is 0 Å². The van der Waals surface area contributed by atoms with Crippen molar-refractivity contribution < 1.29 is 0 Å². The Kier molecular flexibility index (Phi) is 3.31. The smallest absolute Gasteiger partial charge is 0.0952 e. The van der Waals surface area contributed by atoms with E-state index in [0.29, 0.717) is 0 Å². The number of rotatable bonds is 4. The molecule has 0 spiro atoms. The van der Waals surface area contributed by atoms with Gasteiger partial charge in [0.15, 0.2) is 0 Å². The standard InChI is InChI=1S/C12H16N4/c1-2-11(13)12(16-7-6-15-9-16)10-4-3-5-14-8-10/h3-9,11-12H,2,13H2,1H3. The van der Waals surface area contributed by atoms with Crippen LogP contribution in [0.2, 0.25) is 0 Å². The summed E-state index contributed by atoms with van der Waals surface area (Å²) in [5, 5.41) is 0. The van der Waals surface area contributed by atoms with Gasteiger partial charge < -0.3 is 10.3 Å². The fourth-order valence-electron chi connectivity index (χ4n) is 1.85. The molecule has 0 radical (unpaired) electrons. The normalized spacial score (nSPS) is 14.6. The number of nitrogens with zero attached hydrogens (tertiary/aromatic N) is 3. The van der Waals surface area contributed by atoms with Crippen LogP contribution in [0.4, 0.5) is 0 Å². The van der Waals surface area contributed by atoms with Crippen LogP contribution in [0.1, 0.15) is 24.9 Å². The topological polar surface area (TPSA) is 56.7 Å². The molecule has 84 valence electrons. The van der Waals surface area contributed by atoms with E-state index in [-0.39, 0.29) is 12.1 Å². The average molecular weight is 216 g/mol. The van der Waals surface area contributed by atoms with E-state index < -0.39 is 0 Å². The Hall–Kier alpha value is -1.68. The van der Waals surface area contributed by atoms with Gasteiger partial charge >= 0.3 is 0 Å². The van der Waals surface area contributed by atoms with Crippen molar-refractivity contribution in [2.45, 2.75) is 25.4 Å². The summed E-state index contributed by atoms with van der Waals surface area (Å²) in [6.07, 6.45) is 10.1. The highest BCUT2D eigenvalue weighted by atomic mass is 15.1. The fourth-order valence-corrected chi connectivity index (χ4v) is 1.85. The van der Waals surface area contributed by atoms with Gasteiger partial charge in [0.05, 0.1) is 12.4 Å². The number of aromatic nitrogens is 3. The van der Waals surface area contributed by atoms with Crippen molar-refractivity contribution in [3.8, 4) is 0 Å². The Labute approximate surface area is 95.1 Å². The van der Waals surface area contributed by atoms with Crippen LogP contribution in [0.25, 0.3) is 0 Å². The van der Waals surface area contributed by atoms with E-state index in [9.17, 15) is 0 Å².